The Labute approximate surface area is 132 Å². The fraction of sp³-hybridized carbons (Fsp3) is 0.167. The van der Waals surface area contributed by atoms with Crippen molar-refractivity contribution in [3.05, 3.63) is 47.2 Å². The third kappa shape index (κ3) is 1.66. The smallest absolute Gasteiger partial charge is 0.136 e. The molecule has 0 saturated heterocycles. The van der Waals surface area contributed by atoms with Gasteiger partial charge in [0.25, 0.3) is 0 Å². The summed E-state index contributed by atoms with van der Waals surface area (Å²) in [5.74, 6) is 0.276. The number of hydrogen-bond acceptors (Lipinski definition) is 2. The van der Waals surface area contributed by atoms with Crippen LogP contribution >= 0.6 is 11.6 Å². The Kier molecular flexibility index (Phi) is 2.81. The number of phenols is 1. The van der Waals surface area contributed by atoms with Gasteiger partial charge in [-0.1, -0.05) is 11.6 Å². The molecule has 0 saturated carbocycles. The summed E-state index contributed by atoms with van der Waals surface area (Å²) in [5, 5.41) is 14.6. The van der Waals surface area contributed by atoms with Gasteiger partial charge in [-0.05, 0) is 55.1 Å². The Morgan fingerprint density at radius 2 is 1.91 bits per heavy atom. The summed E-state index contributed by atoms with van der Waals surface area (Å²) >= 11 is 6.29. The standard InChI is InChI=1S/C18H15ClN2O/c1-3-21-16-5-4-11(22)8-13(16)14-9-15-12(10(2)17(14)21)6-7-20-18(15)19/h4-9,22H,3H2,1-2H3. The first-order chi connectivity index (χ1) is 10.6. The average Bonchev–Trinajstić information content (AvgIpc) is 2.82. The monoisotopic (exact) mass is 310 g/mol. The molecule has 0 radical (unpaired) electrons. The maximum atomic E-state index is 9.86. The largest absolute Gasteiger partial charge is 0.508 e. The van der Waals surface area contributed by atoms with Gasteiger partial charge >= 0.3 is 0 Å². The van der Waals surface area contributed by atoms with Crippen molar-refractivity contribution in [2.75, 3.05) is 0 Å². The summed E-state index contributed by atoms with van der Waals surface area (Å²) < 4.78 is 2.28. The highest BCUT2D eigenvalue weighted by Gasteiger charge is 2.15. The zero-order valence-corrected chi connectivity index (χ0v) is 13.1. The molecule has 3 nitrogen and oxygen atoms in total. The molecule has 0 atom stereocenters. The molecule has 0 aliphatic carbocycles. The molecule has 4 heteroatoms. The maximum absolute atomic E-state index is 9.86. The molecule has 0 unspecified atom stereocenters. The van der Waals surface area contributed by atoms with Crippen LogP contribution in [-0.4, -0.2) is 14.7 Å². The molecular formula is C18H15ClN2O. The van der Waals surface area contributed by atoms with Gasteiger partial charge in [-0.3, -0.25) is 0 Å². The van der Waals surface area contributed by atoms with Crippen LogP contribution in [0.25, 0.3) is 32.6 Å². The van der Waals surface area contributed by atoms with Crippen molar-refractivity contribution in [3.8, 4) is 5.75 Å². The van der Waals surface area contributed by atoms with E-state index in [1.54, 1.807) is 12.3 Å². The molecule has 0 amide bonds. The highest BCUT2D eigenvalue weighted by molar-refractivity contribution is 6.35. The zero-order valence-electron chi connectivity index (χ0n) is 12.4. The molecule has 2 aromatic heterocycles. The highest BCUT2D eigenvalue weighted by Crippen LogP contribution is 2.38. The molecule has 1 N–H and O–H groups in total. The van der Waals surface area contributed by atoms with Crippen LogP contribution < -0.4 is 0 Å². The molecule has 0 fully saturated rings. The second-order valence-corrected chi connectivity index (χ2v) is 5.90. The maximum Gasteiger partial charge on any atom is 0.136 e. The van der Waals surface area contributed by atoms with Gasteiger partial charge in [-0.15, -0.1) is 0 Å². The molecule has 22 heavy (non-hydrogen) atoms. The average molecular weight is 311 g/mol. The van der Waals surface area contributed by atoms with Crippen LogP contribution in [0.5, 0.6) is 5.75 Å². The first kappa shape index (κ1) is 13.4. The van der Waals surface area contributed by atoms with Gasteiger partial charge in [-0.25, -0.2) is 4.98 Å². The summed E-state index contributed by atoms with van der Waals surface area (Å²) in [7, 11) is 0. The van der Waals surface area contributed by atoms with E-state index in [-0.39, 0.29) is 5.75 Å². The number of aromatic nitrogens is 2. The number of halogens is 1. The minimum Gasteiger partial charge on any atom is -0.508 e. The number of nitrogens with zero attached hydrogens (tertiary/aromatic N) is 2. The minimum atomic E-state index is 0.276. The van der Waals surface area contributed by atoms with E-state index in [9.17, 15) is 5.11 Å². The SMILES string of the molecule is CCn1c2ccc(O)cc2c2cc3c(Cl)nccc3c(C)c21. The quantitative estimate of drug-likeness (QED) is 0.501. The predicted octanol–water partition coefficient (Wildman–Crippen LogP) is 5.03. The molecule has 0 aliphatic rings. The van der Waals surface area contributed by atoms with E-state index in [0.717, 1.165) is 33.6 Å². The predicted molar refractivity (Wildman–Crippen MR) is 91.8 cm³/mol. The minimum absolute atomic E-state index is 0.276. The third-order valence-electron chi connectivity index (χ3n) is 4.39. The van der Waals surface area contributed by atoms with E-state index in [1.165, 1.54) is 11.1 Å². The van der Waals surface area contributed by atoms with Crippen LogP contribution in [0.2, 0.25) is 5.15 Å². The fourth-order valence-electron chi connectivity index (χ4n) is 3.43. The Hall–Kier alpha value is -2.26. The molecule has 110 valence electrons. The molecule has 2 heterocycles. The van der Waals surface area contributed by atoms with Crippen LogP contribution in [0, 0.1) is 6.92 Å². The first-order valence-electron chi connectivity index (χ1n) is 7.30. The fourth-order valence-corrected chi connectivity index (χ4v) is 3.64. The van der Waals surface area contributed by atoms with Gasteiger partial charge < -0.3 is 9.67 Å². The molecule has 0 spiro atoms. The second kappa shape index (κ2) is 4.62. The van der Waals surface area contributed by atoms with Crippen molar-refractivity contribution in [2.45, 2.75) is 20.4 Å². The van der Waals surface area contributed by atoms with E-state index >= 15 is 0 Å². The summed E-state index contributed by atoms with van der Waals surface area (Å²) in [6, 6.07) is 9.61. The van der Waals surface area contributed by atoms with E-state index in [1.807, 2.05) is 18.2 Å². The van der Waals surface area contributed by atoms with Gasteiger partial charge in [0.1, 0.15) is 10.9 Å². The second-order valence-electron chi connectivity index (χ2n) is 5.54. The Morgan fingerprint density at radius 3 is 2.68 bits per heavy atom. The van der Waals surface area contributed by atoms with E-state index in [0.29, 0.717) is 5.15 Å². The number of rotatable bonds is 1. The summed E-state index contributed by atoms with van der Waals surface area (Å²) in [6.45, 7) is 5.12. The third-order valence-corrected chi connectivity index (χ3v) is 4.69. The summed E-state index contributed by atoms with van der Waals surface area (Å²) in [4.78, 5) is 4.19. The number of hydrogen-bond donors (Lipinski definition) is 1. The van der Waals surface area contributed by atoms with E-state index in [2.05, 4.69) is 29.5 Å². The Morgan fingerprint density at radius 1 is 1.09 bits per heavy atom. The lowest BCUT2D eigenvalue weighted by atomic mass is 10.0. The van der Waals surface area contributed by atoms with Gasteiger partial charge in [0.2, 0.25) is 0 Å². The topological polar surface area (TPSA) is 38.0 Å². The molecule has 0 bridgehead atoms. The molecule has 2 aromatic carbocycles. The Bertz CT molecular complexity index is 1050. The van der Waals surface area contributed by atoms with Crippen molar-refractivity contribution < 1.29 is 5.11 Å². The van der Waals surface area contributed by atoms with Crippen molar-refractivity contribution >= 4 is 44.2 Å². The Balaban J connectivity index is 2.34. The lowest BCUT2D eigenvalue weighted by Gasteiger charge is -2.09. The number of aryl methyl sites for hydroxylation is 2. The summed E-state index contributed by atoms with van der Waals surface area (Å²) in [5.41, 5.74) is 3.50. The molecular weight excluding hydrogens is 296 g/mol. The van der Waals surface area contributed by atoms with Crippen LogP contribution in [0.4, 0.5) is 0 Å². The highest BCUT2D eigenvalue weighted by atomic mass is 35.5. The van der Waals surface area contributed by atoms with Crippen LogP contribution in [-0.2, 0) is 6.54 Å². The summed E-state index contributed by atoms with van der Waals surface area (Å²) in [6.07, 6.45) is 1.74. The van der Waals surface area contributed by atoms with Gasteiger partial charge in [0.15, 0.2) is 0 Å². The normalized spacial score (nSPS) is 11.8. The molecule has 0 aliphatic heterocycles. The molecule has 4 aromatic rings. The van der Waals surface area contributed by atoms with Gasteiger partial charge in [0, 0.05) is 34.4 Å². The zero-order chi connectivity index (χ0) is 15.4. The van der Waals surface area contributed by atoms with Crippen molar-refractivity contribution in [2.24, 2.45) is 0 Å². The molecule has 4 rings (SSSR count). The number of pyridine rings is 1. The van der Waals surface area contributed by atoms with Gasteiger partial charge in [0.05, 0.1) is 5.52 Å². The van der Waals surface area contributed by atoms with Crippen LogP contribution in [0.15, 0.2) is 36.5 Å². The number of phenolic OH excluding ortho intramolecular Hbond substituents is 1. The van der Waals surface area contributed by atoms with Crippen molar-refractivity contribution in [1.82, 2.24) is 9.55 Å². The van der Waals surface area contributed by atoms with Crippen molar-refractivity contribution in [1.29, 1.82) is 0 Å². The number of benzene rings is 2. The van der Waals surface area contributed by atoms with Crippen LogP contribution in [0.3, 0.4) is 0 Å². The lowest BCUT2D eigenvalue weighted by Crippen LogP contribution is -1.95. The number of fused-ring (bicyclic) bond motifs is 4. The van der Waals surface area contributed by atoms with Gasteiger partial charge in [-0.2, -0.15) is 0 Å². The van der Waals surface area contributed by atoms with Crippen LogP contribution in [0.1, 0.15) is 12.5 Å². The van der Waals surface area contributed by atoms with E-state index < -0.39 is 0 Å². The van der Waals surface area contributed by atoms with Crippen molar-refractivity contribution in [3.63, 3.8) is 0 Å². The van der Waals surface area contributed by atoms with E-state index in [4.69, 9.17) is 11.6 Å². The number of aromatic hydroxyl groups is 1. The lowest BCUT2D eigenvalue weighted by molar-refractivity contribution is 0.476. The first-order valence-corrected chi connectivity index (χ1v) is 7.68.